The Kier molecular flexibility index (Phi) is 5.32. The summed E-state index contributed by atoms with van der Waals surface area (Å²) >= 11 is 2.43. The number of rotatable bonds is 3. The predicted octanol–water partition coefficient (Wildman–Crippen LogP) is 1.55. The van der Waals surface area contributed by atoms with Crippen molar-refractivity contribution < 1.29 is 0 Å². The molecule has 0 aliphatic heterocycles. The van der Waals surface area contributed by atoms with Gasteiger partial charge in [-0.25, -0.2) is 0 Å². The van der Waals surface area contributed by atoms with Crippen molar-refractivity contribution in [2.24, 2.45) is 5.73 Å². The predicted molar refractivity (Wildman–Crippen MR) is 41.8 cm³/mol. The average molecular weight is 213 g/mol. The van der Waals surface area contributed by atoms with Crippen molar-refractivity contribution in [3.05, 3.63) is 0 Å². The van der Waals surface area contributed by atoms with Gasteiger partial charge >= 0.3 is 0 Å². The minimum absolute atomic E-state index is 0.794. The Morgan fingerprint density at radius 2 is 2.29 bits per heavy atom. The number of alkyl halides is 1. The van der Waals surface area contributed by atoms with Crippen LogP contribution in [0.3, 0.4) is 0 Å². The van der Waals surface area contributed by atoms with Gasteiger partial charge in [0.2, 0.25) is 0 Å². The highest BCUT2D eigenvalue weighted by Crippen LogP contribution is 2.07. The van der Waals surface area contributed by atoms with Crippen molar-refractivity contribution in [1.29, 1.82) is 0 Å². The molecule has 0 aromatic rings. The van der Waals surface area contributed by atoms with Crippen LogP contribution in [0.1, 0.15) is 19.8 Å². The zero-order chi connectivity index (χ0) is 5.70. The molecular weight excluding hydrogens is 201 g/mol. The first-order valence-corrected chi connectivity index (χ1v) is 3.90. The molecule has 0 amide bonds. The summed E-state index contributed by atoms with van der Waals surface area (Å²) in [5, 5.41) is 0. The molecule has 0 fully saturated rings. The van der Waals surface area contributed by atoms with Crippen LogP contribution in [-0.4, -0.2) is 10.5 Å². The first kappa shape index (κ1) is 7.69. The molecule has 0 saturated heterocycles. The van der Waals surface area contributed by atoms with Gasteiger partial charge in [-0.2, -0.15) is 0 Å². The Morgan fingerprint density at radius 1 is 1.71 bits per heavy atom. The molecule has 1 atom stereocenters. The van der Waals surface area contributed by atoms with Gasteiger partial charge < -0.3 is 5.73 Å². The van der Waals surface area contributed by atoms with Crippen molar-refractivity contribution in [1.82, 2.24) is 0 Å². The smallest absolute Gasteiger partial charge is 0.0119 e. The molecule has 0 spiro atoms. The standard InChI is InChI=1S/C5H12IN/c1-2-5(6)3-4-7/h5H,2-4,7H2,1H3. The van der Waals surface area contributed by atoms with E-state index in [1.54, 1.807) is 0 Å². The fraction of sp³-hybridized carbons (Fsp3) is 1.00. The summed E-state index contributed by atoms with van der Waals surface area (Å²) in [6, 6.07) is 0. The first-order valence-electron chi connectivity index (χ1n) is 2.65. The minimum Gasteiger partial charge on any atom is -0.330 e. The van der Waals surface area contributed by atoms with E-state index in [2.05, 4.69) is 29.5 Å². The lowest BCUT2D eigenvalue weighted by Gasteiger charge is -2.00. The maximum absolute atomic E-state index is 5.30. The van der Waals surface area contributed by atoms with Gasteiger partial charge in [-0.3, -0.25) is 0 Å². The molecule has 0 rings (SSSR count). The Morgan fingerprint density at radius 3 is 2.43 bits per heavy atom. The van der Waals surface area contributed by atoms with E-state index in [0.717, 1.165) is 16.9 Å². The molecule has 7 heavy (non-hydrogen) atoms. The molecule has 2 heteroatoms. The molecule has 0 bridgehead atoms. The van der Waals surface area contributed by atoms with Gasteiger partial charge in [0.1, 0.15) is 0 Å². The van der Waals surface area contributed by atoms with Gasteiger partial charge in [-0.1, -0.05) is 29.5 Å². The van der Waals surface area contributed by atoms with E-state index in [9.17, 15) is 0 Å². The molecule has 44 valence electrons. The summed E-state index contributed by atoms with van der Waals surface area (Å²) in [4.78, 5) is 0. The molecule has 0 aromatic carbocycles. The zero-order valence-electron chi connectivity index (χ0n) is 4.65. The zero-order valence-corrected chi connectivity index (χ0v) is 6.81. The summed E-state index contributed by atoms with van der Waals surface area (Å²) in [5.74, 6) is 0. The maximum atomic E-state index is 5.30. The molecule has 1 unspecified atom stereocenters. The Balaban J connectivity index is 2.83. The lowest BCUT2D eigenvalue weighted by molar-refractivity contribution is 0.769. The summed E-state index contributed by atoms with van der Waals surface area (Å²) in [6.07, 6.45) is 2.41. The topological polar surface area (TPSA) is 26.0 Å². The van der Waals surface area contributed by atoms with E-state index >= 15 is 0 Å². The first-order chi connectivity index (χ1) is 3.31. The quantitative estimate of drug-likeness (QED) is 0.558. The van der Waals surface area contributed by atoms with Gasteiger partial charge in [0.15, 0.2) is 0 Å². The highest BCUT2D eigenvalue weighted by molar-refractivity contribution is 14.1. The Hall–Kier alpha value is 0.690. The van der Waals surface area contributed by atoms with Crippen molar-refractivity contribution in [2.75, 3.05) is 6.54 Å². The number of nitrogens with two attached hydrogens (primary N) is 1. The van der Waals surface area contributed by atoms with E-state index in [1.807, 2.05) is 0 Å². The SMILES string of the molecule is CCC(I)CCN. The average Bonchev–Trinajstić information content (AvgIpc) is 1.68. The molecule has 0 heterocycles. The molecule has 0 aliphatic rings. The summed E-state index contributed by atoms with van der Waals surface area (Å²) in [6.45, 7) is 3.02. The Labute approximate surface area is 58.8 Å². The highest BCUT2D eigenvalue weighted by Gasteiger charge is 1.95. The third-order valence-corrected chi connectivity index (χ3v) is 2.43. The van der Waals surface area contributed by atoms with Gasteiger partial charge in [0, 0.05) is 3.92 Å². The third kappa shape index (κ3) is 4.55. The van der Waals surface area contributed by atoms with Crippen molar-refractivity contribution in [3.8, 4) is 0 Å². The molecular formula is C5H12IN. The van der Waals surface area contributed by atoms with Gasteiger partial charge in [-0.05, 0) is 19.4 Å². The number of hydrogen-bond acceptors (Lipinski definition) is 1. The maximum Gasteiger partial charge on any atom is 0.0119 e. The van der Waals surface area contributed by atoms with Crippen LogP contribution in [0.2, 0.25) is 0 Å². The van der Waals surface area contributed by atoms with Crippen LogP contribution < -0.4 is 5.73 Å². The van der Waals surface area contributed by atoms with Gasteiger partial charge in [0.25, 0.3) is 0 Å². The van der Waals surface area contributed by atoms with Gasteiger partial charge in [-0.15, -0.1) is 0 Å². The van der Waals surface area contributed by atoms with Crippen LogP contribution in [-0.2, 0) is 0 Å². The molecule has 0 aliphatic carbocycles. The molecule has 0 radical (unpaired) electrons. The fourth-order valence-corrected chi connectivity index (χ4v) is 0.745. The highest BCUT2D eigenvalue weighted by atomic mass is 127. The lowest BCUT2D eigenvalue weighted by atomic mass is 10.3. The molecule has 2 N–H and O–H groups in total. The van der Waals surface area contributed by atoms with Crippen LogP contribution in [0.4, 0.5) is 0 Å². The molecule has 1 nitrogen and oxygen atoms in total. The molecule has 0 aromatic heterocycles. The largest absolute Gasteiger partial charge is 0.330 e. The van der Waals surface area contributed by atoms with Crippen LogP contribution >= 0.6 is 22.6 Å². The van der Waals surface area contributed by atoms with Crippen molar-refractivity contribution >= 4 is 22.6 Å². The lowest BCUT2D eigenvalue weighted by Crippen LogP contribution is -2.05. The summed E-state index contributed by atoms with van der Waals surface area (Å²) in [7, 11) is 0. The number of halogens is 1. The van der Waals surface area contributed by atoms with E-state index in [1.165, 1.54) is 6.42 Å². The van der Waals surface area contributed by atoms with Crippen LogP contribution in [0.5, 0.6) is 0 Å². The van der Waals surface area contributed by atoms with E-state index in [-0.39, 0.29) is 0 Å². The number of hydrogen-bond donors (Lipinski definition) is 1. The Bertz CT molecular complexity index is 39.1. The molecule has 0 saturated carbocycles. The monoisotopic (exact) mass is 213 g/mol. The normalized spacial score (nSPS) is 14.1. The second-order valence-corrected chi connectivity index (χ2v) is 3.34. The van der Waals surface area contributed by atoms with Crippen LogP contribution in [0.25, 0.3) is 0 Å². The third-order valence-electron chi connectivity index (χ3n) is 0.923. The van der Waals surface area contributed by atoms with E-state index in [0.29, 0.717) is 0 Å². The van der Waals surface area contributed by atoms with Crippen LogP contribution in [0, 0.1) is 0 Å². The van der Waals surface area contributed by atoms with Crippen molar-refractivity contribution in [2.45, 2.75) is 23.7 Å². The van der Waals surface area contributed by atoms with Crippen molar-refractivity contribution in [3.63, 3.8) is 0 Å². The van der Waals surface area contributed by atoms with Crippen LogP contribution in [0.15, 0.2) is 0 Å². The second kappa shape index (κ2) is 4.84. The fourth-order valence-electron chi connectivity index (χ4n) is 0.385. The second-order valence-electron chi connectivity index (χ2n) is 1.58. The van der Waals surface area contributed by atoms with E-state index in [4.69, 9.17) is 5.73 Å². The summed E-state index contributed by atoms with van der Waals surface area (Å²) < 4.78 is 0.794. The van der Waals surface area contributed by atoms with Gasteiger partial charge in [0.05, 0.1) is 0 Å². The summed E-state index contributed by atoms with van der Waals surface area (Å²) in [5.41, 5.74) is 5.30. The minimum atomic E-state index is 0.794. The van der Waals surface area contributed by atoms with E-state index < -0.39 is 0 Å².